The number of nitrogens with zero attached hydrogens (tertiary/aromatic N) is 1. The van der Waals surface area contributed by atoms with Gasteiger partial charge in [-0.3, -0.25) is 0 Å². The van der Waals surface area contributed by atoms with E-state index in [-0.39, 0.29) is 5.41 Å². The van der Waals surface area contributed by atoms with Crippen LogP contribution in [0, 0.1) is 0 Å². The number of furan rings is 2. The largest absolute Gasteiger partial charge is 0.456 e. The van der Waals surface area contributed by atoms with Crippen molar-refractivity contribution < 1.29 is 8.83 Å². The SMILES string of the molecule is CC1(C)c2ccccc2-c2c(-c3ccc(N(c4cccc5c4oc4c6ccccc6ccc54)c4cccc5oc6ccccc6c45)cc3)cccc21. The number of rotatable bonds is 4. The van der Waals surface area contributed by atoms with Gasteiger partial charge in [0.05, 0.1) is 16.8 Å². The molecule has 0 N–H and O–H groups in total. The fourth-order valence-electron chi connectivity index (χ4n) is 8.82. The molecule has 1 aliphatic carbocycles. The van der Waals surface area contributed by atoms with E-state index in [1.54, 1.807) is 0 Å². The van der Waals surface area contributed by atoms with Crippen molar-refractivity contribution in [1.82, 2.24) is 0 Å². The van der Waals surface area contributed by atoms with Crippen LogP contribution in [0.3, 0.4) is 0 Å². The quantitative estimate of drug-likeness (QED) is 0.187. The molecular weight excluding hydrogens is 635 g/mol. The Labute approximate surface area is 301 Å². The van der Waals surface area contributed by atoms with Crippen molar-refractivity contribution in [2.75, 3.05) is 4.90 Å². The molecule has 0 unspecified atom stereocenters. The van der Waals surface area contributed by atoms with Crippen LogP contribution in [0.1, 0.15) is 25.0 Å². The highest BCUT2D eigenvalue weighted by Gasteiger charge is 2.36. The van der Waals surface area contributed by atoms with E-state index in [0.717, 1.165) is 71.7 Å². The molecule has 0 radical (unpaired) electrons. The Balaban J connectivity index is 1.15. The second kappa shape index (κ2) is 10.7. The van der Waals surface area contributed by atoms with Gasteiger partial charge in [0.25, 0.3) is 0 Å². The van der Waals surface area contributed by atoms with E-state index in [2.05, 4.69) is 170 Å². The van der Waals surface area contributed by atoms with Gasteiger partial charge in [0.15, 0.2) is 5.58 Å². The predicted octanol–water partition coefficient (Wildman–Crippen LogP) is 14.1. The van der Waals surface area contributed by atoms with Crippen LogP contribution in [0.4, 0.5) is 17.1 Å². The summed E-state index contributed by atoms with van der Waals surface area (Å²) in [5.74, 6) is 0. The molecule has 10 aromatic rings. The molecule has 0 fully saturated rings. The van der Waals surface area contributed by atoms with E-state index < -0.39 is 0 Å². The average molecular weight is 668 g/mol. The molecule has 2 aromatic heterocycles. The predicted molar refractivity (Wildman–Crippen MR) is 216 cm³/mol. The molecule has 0 bridgehead atoms. The summed E-state index contributed by atoms with van der Waals surface area (Å²) in [4.78, 5) is 2.34. The Morgan fingerprint density at radius 1 is 0.442 bits per heavy atom. The van der Waals surface area contributed by atoms with Gasteiger partial charge in [-0.1, -0.05) is 135 Å². The third-order valence-corrected chi connectivity index (χ3v) is 11.3. The van der Waals surface area contributed by atoms with Crippen LogP contribution in [0.2, 0.25) is 0 Å². The summed E-state index contributed by atoms with van der Waals surface area (Å²) in [6.45, 7) is 4.67. The first-order chi connectivity index (χ1) is 25.6. The van der Waals surface area contributed by atoms with Gasteiger partial charge < -0.3 is 13.7 Å². The number of anilines is 3. The Kier molecular flexibility index (Phi) is 6.01. The summed E-state index contributed by atoms with van der Waals surface area (Å²) in [6.07, 6.45) is 0. The number of benzene rings is 8. The molecule has 8 aromatic carbocycles. The average Bonchev–Trinajstić information content (AvgIpc) is 3.84. The van der Waals surface area contributed by atoms with E-state index in [1.165, 1.54) is 33.4 Å². The highest BCUT2D eigenvalue weighted by atomic mass is 16.3. The summed E-state index contributed by atoms with van der Waals surface area (Å²) < 4.78 is 13.3. The lowest BCUT2D eigenvalue weighted by Crippen LogP contribution is -2.14. The minimum atomic E-state index is -0.0542. The molecule has 2 heterocycles. The maximum Gasteiger partial charge on any atom is 0.159 e. The summed E-state index contributed by atoms with van der Waals surface area (Å²) in [6, 6.07) is 58.6. The summed E-state index contributed by atoms with van der Waals surface area (Å²) in [5, 5.41) is 6.63. The molecule has 1 aliphatic rings. The van der Waals surface area contributed by atoms with Crippen molar-refractivity contribution in [2.24, 2.45) is 0 Å². The molecule has 0 saturated carbocycles. The summed E-state index contributed by atoms with van der Waals surface area (Å²) in [7, 11) is 0. The van der Waals surface area contributed by atoms with Gasteiger partial charge in [-0.25, -0.2) is 0 Å². The second-order valence-corrected chi connectivity index (χ2v) is 14.4. The van der Waals surface area contributed by atoms with E-state index >= 15 is 0 Å². The monoisotopic (exact) mass is 667 g/mol. The first kappa shape index (κ1) is 29.2. The van der Waals surface area contributed by atoms with E-state index in [1.807, 2.05) is 12.1 Å². The van der Waals surface area contributed by atoms with Gasteiger partial charge >= 0.3 is 0 Å². The normalized spacial score (nSPS) is 13.3. The first-order valence-electron chi connectivity index (χ1n) is 17.9. The Hall–Kier alpha value is -6.58. The topological polar surface area (TPSA) is 29.5 Å². The lowest BCUT2D eigenvalue weighted by atomic mass is 9.82. The van der Waals surface area contributed by atoms with Crippen LogP contribution in [-0.4, -0.2) is 0 Å². The fourth-order valence-corrected chi connectivity index (χ4v) is 8.82. The van der Waals surface area contributed by atoms with Crippen LogP contribution >= 0.6 is 0 Å². The molecule has 3 nitrogen and oxygen atoms in total. The molecule has 0 aliphatic heterocycles. The summed E-state index contributed by atoms with van der Waals surface area (Å²) in [5.41, 5.74) is 14.3. The van der Waals surface area contributed by atoms with E-state index in [0.29, 0.717) is 0 Å². The van der Waals surface area contributed by atoms with Crippen molar-refractivity contribution in [2.45, 2.75) is 19.3 Å². The molecule has 0 amide bonds. The van der Waals surface area contributed by atoms with E-state index in [4.69, 9.17) is 8.83 Å². The second-order valence-electron chi connectivity index (χ2n) is 14.4. The van der Waals surface area contributed by atoms with Gasteiger partial charge in [0.1, 0.15) is 16.7 Å². The Morgan fingerprint density at radius 3 is 2.00 bits per heavy atom. The molecule has 0 spiro atoms. The third kappa shape index (κ3) is 4.02. The van der Waals surface area contributed by atoms with Gasteiger partial charge in [-0.2, -0.15) is 0 Å². The number of hydrogen-bond acceptors (Lipinski definition) is 3. The van der Waals surface area contributed by atoms with Crippen molar-refractivity contribution in [1.29, 1.82) is 0 Å². The molecule has 0 saturated heterocycles. The minimum absolute atomic E-state index is 0.0542. The zero-order valence-electron chi connectivity index (χ0n) is 28.9. The minimum Gasteiger partial charge on any atom is -0.456 e. The number of fused-ring (bicyclic) bond motifs is 11. The Bertz CT molecular complexity index is 3050. The molecule has 11 rings (SSSR count). The smallest absolute Gasteiger partial charge is 0.159 e. The van der Waals surface area contributed by atoms with E-state index in [9.17, 15) is 0 Å². The maximum absolute atomic E-state index is 6.93. The van der Waals surface area contributed by atoms with Crippen molar-refractivity contribution in [3.05, 3.63) is 175 Å². The standard InChI is InChI=1S/C49H33NO2/c1-49(2)39-18-7-5-14-37(39)45-33(16-9-19-40(45)49)31-24-27-32(28-25-31)50(41-20-11-23-44-46(41)38-15-6-8-22-43(38)51-44)42-21-10-17-35-36-29-26-30-12-3-4-13-34(30)47(36)52-48(35)42/h3-29H,1-2H3. The van der Waals surface area contributed by atoms with Crippen LogP contribution in [0.5, 0.6) is 0 Å². The van der Waals surface area contributed by atoms with Crippen LogP contribution < -0.4 is 4.90 Å². The fraction of sp³-hybridized carbons (Fsp3) is 0.0612. The van der Waals surface area contributed by atoms with Gasteiger partial charge in [-0.15, -0.1) is 0 Å². The van der Waals surface area contributed by atoms with Crippen LogP contribution in [-0.2, 0) is 5.41 Å². The van der Waals surface area contributed by atoms with Gasteiger partial charge in [0, 0.05) is 32.6 Å². The van der Waals surface area contributed by atoms with Crippen molar-refractivity contribution >= 4 is 71.7 Å². The lowest BCUT2D eigenvalue weighted by molar-refractivity contribution is 0.660. The molecular formula is C49H33NO2. The zero-order chi connectivity index (χ0) is 34.6. The maximum atomic E-state index is 6.93. The summed E-state index contributed by atoms with van der Waals surface area (Å²) >= 11 is 0. The van der Waals surface area contributed by atoms with Crippen molar-refractivity contribution in [3.8, 4) is 22.3 Å². The lowest BCUT2D eigenvalue weighted by Gasteiger charge is -2.26. The van der Waals surface area contributed by atoms with Gasteiger partial charge in [0.2, 0.25) is 0 Å². The highest BCUT2D eigenvalue weighted by molar-refractivity contribution is 6.19. The molecule has 3 heteroatoms. The molecule has 246 valence electrons. The Morgan fingerprint density at radius 2 is 1.10 bits per heavy atom. The van der Waals surface area contributed by atoms with Crippen LogP contribution in [0.25, 0.3) is 76.9 Å². The third-order valence-electron chi connectivity index (χ3n) is 11.3. The first-order valence-corrected chi connectivity index (χ1v) is 17.9. The van der Waals surface area contributed by atoms with Crippen molar-refractivity contribution in [3.63, 3.8) is 0 Å². The molecule has 52 heavy (non-hydrogen) atoms. The van der Waals surface area contributed by atoms with Crippen LogP contribution in [0.15, 0.2) is 173 Å². The number of hydrogen-bond donors (Lipinski definition) is 0. The molecule has 0 atom stereocenters. The highest BCUT2D eigenvalue weighted by Crippen LogP contribution is 2.52. The number of para-hydroxylation sites is 2. The zero-order valence-corrected chi connectivity index (χ0v) is 28.9. The van der Waals surface area contributed by atoms with Gasteiger partial charge in [-0.05, 0) is 81.2 Å².